The molecule has 37 heavy (non-hydrogen) atoms. The molecule has 0 aliphatic carbocycles. The molecule has 1 aliphatic heterocycles. The molecule has 1 aliphatic rings. The highest BCUT2D eigenvalue weighted by Gasteiger charge is 2.30. The van der Waals surface area contributed by atoms with Gasteiger partial charge < -0.3 is 0 Å². The third-order valence-corrected chi connectivity index (χ3v) is 11.3. The monoisotopic (exact) mass is 522 g/mol. The quantitative estimate of drug-likeness (QED) is 0.186. The number of ketones is 1. The number of rotatable bonds is 4. The second-order valence-corrected chi connectivity index (χ2v) is 13.3. The lowest BCUT2D eigenvalue weighted by Gasteiger charge is -2.32. The van der Waals surface area contributed by atoms with E-state index < -0.39 is 10.9 Å². The molecule has 0 bridgehead atoms. The summed E-state index contributed by atoms with van der Waals surface area (Å²) < 4.78 is 2.13. The lowest BCUT2D eigenvalue weighted by molar-refractivity contribution is 0.103. The molecule has 0 amide bonds. The molecule has 4 heteroatoms. The number of hydrogen-bond donors (Lipinski definition) is 1. The number of carbonyl (C=O) groups is 1. The molecule has 1 atom stereocenters. The van der Waals surface area contributed by atoms with Gasteiger partial charge in [0.1, 0.15) is 0 Å². The van der Waals surface area contributed by atoms with Crippen LogP contribution in [0.4, 0.5) is 0 Å². The highest BCUT2D eigenvalue weighted by atomic mass is 32.2. The van der Waals surface area contributed by atoms with Crippen molar-refractivity contribution in [1.82, 2.24) is 0 Å². The van der Waals surface area contributed by atoms with Crippen LogP contribution in [0.25, 0.3) is 20.2 Å². The van der Waals surface area contributed by atoms with Gasteiger partial charge in [0.15, 0.2) is 11.2 Å². The maximum atomic E-state index is 13.9. The summed E-state index contributed by atoms with van der Waals surface area (Å²) in [5, 5.41) is 1.61. The van der Waals surface area contributed by atoms with Crippen LogP contribution < -0.4 is 5.43 Å². The van der Waals surface area contributed by atoms with Crippen LogP contribution in [-0.2, 0) is 12.8 Å². The summed E-state index contributed by atoms with van der Waals surface area (Å²) in [5.74, 6) is 0.450. The molecule has 2 heterocycles. The standard InChI is InChI=1S/C33H30O2S2/c1-5-20-15-21(6-2)33-27(16-20)32(35)25-18-23(12-13-28(25)36-33)37-29-10-8-7-9-24(29)31(34)26-17-22(19(3)4)11-14-30(26)37/h7-19,37H,5-6H2,1-4H3. The largest absolute Gasteiger partial charge is 0.289 e. The van der Waals surface area contributed by atoms with E-state index in [1.54, 1.807) is 11.3 Å². The number of carbonyl (C=O) groups excluding carboxylic acids is 1. The van der Waals surface area contributed by atoms with Gasteiger partial charge in [0.2, 0.25) is 0 Å². The molecule has 0 N–H and O–H groups in total. The summed E-state index contributed by atoms with van der Waals surface area (Å²) in [5.41, 5.74) is 5.34. The zero-order valence-corrected chi connectivity index (χ0v) is 23.3. The van der Waals surface area contributed by atoms with Gasteiger partial charge in [-0.15, -0.1) is 11.3 Å². The molecule has 0 fully saturated rings. The summed E-state index contributed by atoms with van der Waals surface area (Å²) in [6.07, 6.45) is 1.82. The second kappa shape index (κ2) is 9.27. The summed E-state index contributed by atoms with van der Waals surface area (Å²) in [6.45, 7) is 8.61. The van der Waals surface area contributed by atoms with Gasteiger partial charge in [-0.2, -0.15) is 10.9 Å². The minimum atomic E-state index is -0.959. The van der Waals surface area contributed by atoms with Crippen LogP contribution in [0.5, 0.6) is 0 Å². The Labute approximate surface area is 224 Å². The lowest BCUT2D eigenvalue weighted by Crippen LogP contribution is -2.13. The second-order valence-electron chi connectivity index (χ2n) is 10.1. The Morgan fingerprint density at radius 3 is 2.32 bits per heavy atom. The molecule has 0 saturated carbocycles. The van der Waals surface area contributed by atoms with Crippen molar-refractivity contribution in [3.05, 3.63) is 111 Å². The highest BCUT2D eigenvalue weighted by Crippen LogP contribution is 2.57. The van der Waals surface area contributed by atoms with Gasteiger partial charge in [-0.05, 0) is 88.9 Å². The third kappa shape index (κ3) is 3.86. The van der Waals surface area contributed by atoms with Gasteiger partial charge in [-0.25, -0.2) is 0 Å². The molecule has 0 radical (unpaired) electrons. The third-order valence-electron chi connectivity index (χ3n) is 7.50. The van der Waals surface area contributed by atoms with Crippen molar-refractivity contribution in [2.45, 2.75) is 61.1 Å². The van der Waals surface area contributed by atoms with E-state index >= 15 is 0 Å². The first-order chi connectivity index (χ1) is 17.9. The van der Waals surface area contributed by atoms with Crippen LogP contribution in [0.15, 0.2) is 92.3 Å². The van der Waals surface area contributed by atoms with Crippen LogP contribution in [0.3, 0.4) is 0 Å². The van der Waals surface area contributed by atoms with Crippen molar-refractivity contribution in [3.63, 3.8) is 0 Å². The fraction of sp³-hybridized carbons (Fsp3) is 0.212. The van der Waals surface area contributed by atoms with Crippen molar-refractivity contribution in [2.24, 2.45) is 0 Å². The van der Waals surface area contributed by atoms with Crippen molar-refractivity contribution in [1.29, 1.82) is 0 Å². The van der Waals surface area contributed by atoms with Gasteiger partial charge in [0, 0.05) is 41.1 Å². The van der Waals surface area contributed by atoms with E-state index in [1.807, 2.05) is 18.2 Å². The predicted molar refractivity (Wildman–Crippen MR) is 159 cm³/mol. The summed E-state index contributed by atoms with van der Waals surface area (Å²) in [6, 6.07) is 25.1. The number of fused-ring (bicyclic) bond motifs is 4. The summed E-state index contributed by atoms with van der Waals surface area (Å²) in [4.78, 5) is 30.7. The first kappa shape index (κ1) is 24.1. The van der Waals surface area contributed by atoms with E-state index in [2.05, 4.69) is 82.3 Å². The van der Waals surface area contributed by atoms with E-state index in [-0.39, 0.29) is 11.2 Å². The molecule has 1 unspecified atom stereocenters. The number of aryl methyl sites for hydroxylation is 2. The minimum absolute atomic E-state index is 0.101. The average molecular weight is 523 g/mol. The van der Waals surface area contributed by atoms with E-state index in [0.717, 1.165) is 58.8 Å². The van der Waals surface area contributed by atoms with E-state index in [1.165, 1.54) is 16.7 Å². The van der Waals surface area contributed by atoms with Crippen LogP contribution in [0.1, 0.15) is 66.2 Å². The Kier molecular flexibility index (Phi) is 6.05. The number of benzene rings is 4. The molecular weight excluding hydrogens is 492 g/mol. The van der Waals surface area contributed by atoms with Crippen LogP contribution >= 0.6 is 22.2 Å². The number of thiol groups is 1. The smallest absolute Gasteiger partial charge is 0.195 e. The van der Waals surface area contributed by atoms with Gasteiger partial charge in [-0.3, -0.25) is 9.59 Å². The fourth-order valence-corrected chi connectivity index (χ4v) is 9.19. The number of hydrogen-bond acceptors (Lipinski definition) is 3. The van der Waals surface area contributed by atoms with Gasteiger partial charge in [0.25, 0.3) is 0 Å². The topological polar surface area (TPSA) is 34.1 Å². The van der Waals surface area contributed by atoms with Crippen LogP contribution in [-0.4, -0.2) is 5.78 Å². The Balaban J connectivity index is 1.61. The van der Waals surface area contributed by atoms with Crippen molar-refractivity contribution >= 4 is 48.2 Å². The molecule has 186 valence electrons. The van der Waals surface area contributed by atoms with Crippen LogP contribution in [0, 0.1) is 0 Å². The van der Waals surface area contributed by atoms with E-state index in [0.29, 0.717) is 5.92 Å². The van der Waals surface area contributed by atoms with E-state index in [4.69, 9.17) is 0 Å². The Bertz CT molecular complexity index is 1780. The molecule has 0 spiro atoms. The molecular formula is C33H30O2S2. The van der Waals surface area contributed by atoms with Crippen molar-refractivity contribution in [2.75, 3.05) is 0 Å². The Morgan fingerprint density at radius 2 is 1.57 bits per heavy atom. The van der Waals surface area contributed by atoms with Crippen molar-refractivity contribution < 1.29 is 4.79 Å². The Hall–Kier alpha value is -3.21. The molecule has 2 nitrogen and oxygen atoms in total. The predicted octanol–water partition coefficient (Wildman–Crippen LogP) is 8.69. The zero-order valence-electron chi connectivity index (χ0n) is 21.6. The maximum absolute atomic E-state index is 13.9. The maximum Gasteiger partial charge on any atom is 0.195 e. The lowest BCUT2D eigenvalue weighted by atomic mass is 9.96. The molecule has 0 saturated heterocycles. The summed E-state index contributed by atoms with van der Waals surface area (Å²) in [7, 11) is -0.959. The Morgan fingerprint density at radius 1 is 0.784 bits per heavy atom. The van der Waals surface area contributed by atoms with Gasteiger partial charge >= 0.3 is 0 Å². The van der Waals surface area contributed by atoms with E-state index in [9.17, 15) is 9.59 Å². The average Bonchev–Trinajstić information content (AvgIpc) is 2.93. The summed E-state index contributed by atoms with van der Waals surface area (Å²) >= 11 is 1.72. The molecule has 1 aromatic heterocycles. The van der Waals surface area contributed by atoms with Crippen molar-refractivity contribution in [3.8, 4) is 0 Å². The zero-order chi connectivity index (χ0) is 25.8. The van der Waals surface area contributed by atoms with Gasteiger partial charge in [-0.1, -0.05) is 52.0 Å². The molecule has 4 aromatic carbocycles. The molecule has 6 rings (SSSR count). The minimum Gasteiger partial charge on any atom is -0.289 e. The first-order valence-corrected chi connectivity index (χ1v) is 15.2. The SMILES string of the molecule is CCc1cc(CC)c2sc3ccc([SH]4c5ccccc5C(=O)c5cc(C(C)C)ccc54)cc3c(=O)c2c1. The first-order valence-electron chi connectivity index (χ1n) is 13.0. The highest BCUT2D eigenvalue weighted by molar-refractivity contribution is 8.17. The molecule has 5 aromatic rings. The fourth-order valence-electron chi connectivity index (χ4n) is 5.39. The van der Waals surface area contributed by atoms with Gasteiger partial charge in [0.05, 0.1) is 0 Å². The normalized spacial score (nSPS) is 15.8. The van der Waals surface area contributed by atoms with Crippen LogP contribution in [0.2, 0.25) is 0 Å².